The van der Waals surface area contributed by atoms with E-state index in [2.05, 4.69) is 48.4 Å². The summed E-state index contributed by atoms with van der Waals surface area (Å²) in [6, 6.07) is 6.56. The van der Waals surface area contributed by atoms with Crippen LogP contribution in [-0.2, 0) is 12.8 Å². The maximum Gasteiger partial charge on any atom is 0.177 e. The number of nitrogens with zero attached hydrogens (tertiary/aromatic N) is 8. The molecular formula is C16H18N8. The van der Waals surface area contributed by atoms with Crippen LogP contribution in [0.3, 0.4) is 0 Å². The molecule has 0 spiro atoms. The number of rotatable bonds is 3. The van der Waals surface area contributed by atoms with E-state index in [1.165, 1.54) is 17.7 Å². The van der Waals surface area contributed by atoms with E-state index < -0.39 is 0 Å². The van der Waals surface area contributed by atoms with Crippen LogP contribution >= 0.6 is 0 Å². The maximum absolute atomic E-state index is 4.55. The Balaban J connectivity index is 1.30. The monoisotopic (exact) mass is 322 g/mol. The van der Waals surface area contributed by atoms with Crippen molar-refractivity contribution in [3.63, 3.8) is 0 Å². The molecule has 0 aromatic carbocycles. The number of aromatic nitrogens is 6. The summed E-state index contributed by atoms with van der Waals surface area (Å²) in [5, 5.41) is 21.2. The molecule has 1 aliphatic carbocycles. The summed E-state index contributed by atoms with van der Waals surface area (Å²) >= 11 is 0. The molecule has 3 aromatic heterocycles. The lowest BCUT2D eigenvalue weighted by Gasteiger charge is -2.44. The molecule has 4 heterocycles. The van der Waals surface area contributed by atoms with Gasteiger partial charge in [-0.1, -0.05) is 0 Å². The Morgan fingerprint density at radius 3 is 2.96 bits per heavy atom. The molecule has 1 aliphatic heterocycles. The minimum atomic E-state index is 0.418. The molecule has 8 heteroatoms. The van der Waals surface area contributed by atoms with Crippen LogP contribution < -0.4 is 9.80 Å². The van der Waals surface area contributed by atoms with E-state index in [9.17, 15) is 0 Å². The molecule has 2 aliphatic rings. The zero-order valence-electron chi connectivity index (χ0n) is 13.5. The first kappa shape index (κ1) is 13.6. The largest absolute Gasteiger partial charge is 0.352 e. The third-order valence-electron chi connectivity index (χ3n) is 5.05. The molecule has 122 valence electrons. The molecule has 3 aromatic rings. The molecule has 0 unspecified atom stereocenters. The van der Waals surface area contributed by atoms with Crippen molar-refractivity contribution in [2.45, 2.75) is 25.3 Å². The van der Waals surface area contributed by atoms with E-state index in [4.69, 9.17) is 0 Å². The van der Waals surface area contributed by atoms with Gasteiger partial charge in [-0.3, -0.25) is 0 Å². The van der Waals surface area contributed by atoms with E-state index in [1.807, 2.05) is 12.1 Å². The van der Waals surface area contributed by atoms with Crippen LogP contribution in [0.15, 0.2) is 24.5 Å². The summed E-state index contributed by atoms with van der Waals surface area (Å²) < 4.78 is 1.70. The quantitative estimate of drug-likeness (QED) is 0.703. The van der Waals surface area contributed by atoms with E-state index in [1.54, 1.807) is 10.8 Å². The second-order valence-corrected chi connectivity index (χ2v) is 6.52. The lowest BCUT2D eigenvalue weighted by atomic mass is 10.1. The van der Waals surface area contributed by atoms with Crippen molar-refractivity contribution in [2.75, 3.05) is 29.9 Å². The van der Waals surface area contributed by atoms with Crippen LogP contribution in [0.5, 0.6) is 0 Å². The van der Waals surface area contributed by atoms with E-state index in [-0.39, 0.29) is 0 Å². The highest BCUT2D eigenvalue weighted by Gasteiger charge is 2.32. The summed E-state index contributed by atoms with van der Waals surface area (Å²) in [4.78, 5) is 4.49. The Labute approximate surface area is 139 Å². The first-order valence-corrected chi connectivity index (χ1v) is 8.28. The van der Waals surface area contributed by atoms with Gasteiger partial charge in [0.05, 0.1) is 11.7 Å². The van der Waals surface area contributed by atoms with Crippen LogP contribution in [0.2, 0.25) is 0 Å². The van der Waals surface area contributed by atoms with Crippen molar-refractivity contribution < 1.29 is 0 Å². The third kappa shape index (κ3) is 2.10. The third-order valence-corrected chi connectivity index (χ3v) is 5.05. The van der Waals surface area contributed by atoms with Crippen LogP contribution in [0.1, 0.15) is 17.7 Å². The molecule has 0 radical (unpaired) electrons. The predicted octanol–water partition coefficient (Wildman–Crippen LogP) is 0.728. The van der Waals surface area contributed by atoms with Gasteiger partial charge in [0.15, 0.2) is 11.5 Å². The van der Waals surface area contributed by atoms with Gasteiger partial charge in [0.2, 0.25) is 0 Å². The molecular weight excluding hydrogens is 304 g/mol. The van der Waals surface area contributed by atoms with E-state index >= 15 is 0 Å². The zero-order valence-corrected chi connectivity index (χ0v) is 13.5. The second kappa shape index (κ2) is 5.12. The van der Waals surface area contributed by atoms with Gasteiger partial charge in [0.25, 0.3) is 0 Å². The standard InChI is InChI=1S/C16H18N8/c1-22(15-6-5-14-19-17-10-24(14)21-15)12-8-23(9-12)16-7-11-3-2-4-13(11)18-20-16/h5-7,10,12H,2-4,8-9H2,1H3. The fraction of sp³-hybridized carbons (Fsp3) is 0.438. The number of hydrogen-bond acceptors (Lipinski definition) is 7. The number of hydrogen-bond donors (Lipinski definition) is 0. The molecule has 0 N–H and O–H groups in total. The summed E-state index contributed by atoms with van der Waals surface area (Å²) in [7, 11) is 2.08. The lowest BCUT2D eigenvalue weighted by Crippen LogP contribution is -2.59. The molecule has 5 rings (SSSR count). The van der Waals surface area contributed by atoms with Crippen molar-refractivity contribution in [1.82, 2.24) is 30.0 Å². The number of likely N-dealkylation sites (N-methyl/N-ethyl adjacent to an activating group) is 1. The molecule has 0 atom stereocenters. The van der Waals surface area contributed by atoms with Crippen LogP contribution in [0.25, 0.3) is 5.65 Å². The Bertz CT molecular complexity index is 898. The van der Waals surface area contributed by atoms with Gasteiger partial charge in [-0.25, -0.2) is 0 Å². The van der Waals surface area contributed by atoms with Crippen molar-refractivity contribution in [2.24, 2.45) is 0 Å². The molecule has 0 saturated carbocycles. The van der Waals surface area contributed by atoms with Crippen molar-refractivity contribution in [3.8, 4) is 0 Å². The molecule has 0 bridgehead atoms. The Hall–Kier alpha value is -2.77. The molecule has 24 heavy (non-hydrogen) atoms. The van der Waals surface area contributed by atoms with Gasteiger partial charge in [0, 0.05) is 20.1 Å². The topological polar surface area (TPSA) is 75.3 Å². The maximum atomic E-state index is 4.55. The highest BCUT2D eigenvalue weighted by Crippen LogP contribution is 2.27. The van der Waals surface area contributed by atoms with Crippen molar-refractivity contribution >= 4 is 17.3 Å². The fourth-order valence-electron chi connectivity index (χ4n) is 3.45. The predicted molar refractivity (Wildman–Crippen MR) is 89.2 cm³/mol. The first-order valence-electron chi connectivity index (χ1n) is 8.28. The van der Waals surface area contributed by atoms with Gasteiger partial charge in [-0.15, -0.1) is 20.4 Å². The summed E-state index contributed by atoms with van der Waals surface area (Å²) in [5.74, 6) is 1.93. The molecule has 8 nitrogen and oxygen atoms in total. The zero-order chi connectivity index (χ0) is 16.1. The Morgan fingerprint density at radius 2 is 2.04 bits per heavy atom. The van der Waals surface area contributed by atoms with Gasteiger partial charge < -0.3 is 9.80 Å². The molecule has 1 saturated heterocycles. The van der Waals surface area contributed by atoms with E-state index in [0.717, 1.165) is 43.2 Å². The van der Waals surface area contributed by atoms with Crippen molar-refractivity contribution in [1.29, 1.82) is 0 Å². The van der Waals surface area contributed by atoms with Crippen LogP contribution in [0.4, 0.5) is 11.6 Å². The smallest absolute Gasteiger partial charge is 0.177 e. The minimum Gasteiger partial charge on any atom is -0.352 e. The summed E-state index contributed by atoms with van der Waals surface area (Å²) in [6.07, 6.45) is 5.04. The summed E-state index contributed by atoms with van der Waals surface area (Å²) in [6.45, 7) is 1.87. The number of anilines is 2. The van der Waals surface area contributed by atoms with Gasteiger partial charge in [-0.2, -0.15) is 9.61 Å². The van der Waals surface area contributed by atoms with Crippen LogP contribution in [-0.4, -0.2) is 56.2 Å². The normalized spacial score (nSPS) is 17.1. The average Bonchev–Trinajstić information content (AvgIpc) is 3.21. The first-order chi connectivity index (χ1) is 11.8. The Morgan fingerprint density at radius 1 is 1.12 bits per heavy atom. The highest BCUT2D eigenvalue weighted by molar-refractivity contribution is 5.51. The van der Waals surface area contributed by atoms with Gasteiger partial charge >= 0.3 is 0 Å². The lowest BCUT2D eigenvalue weighted by molar-refractivity contribution is 0.486. The fourth-order valence-corrected chi connectivity index (χ4v) is 3.45. The van der Waals surface area contributed by atoms with Crippen molar-refractivity contribution in [3.05, 3.63) is 35.8 Å². The number of fused-ring (bicyclic) bond motifs is 2. The highest BCUT2D eigenvalue weighted by atomic mass is 15.4. The minimum absolute atomic E-state index is 0.418. The van der Waals surface area contributed by atoms with Crippen LogP contribution in [0, 0.1) is 0 Å². The average molecular weight is 322 g/mol. The Kier molecular flexibility index (Phi) is 2.91. The van der Waals surface area contributed by atoms with Gasteiger partial charge in [0.1, 0.15) is 12.1 Å². The van der Waals surface area contributed by atoms with E-state index in [0.29, 0.717) is 6.04 Å². The molecule has 1 fully saturated rings. The molecule has 0 amide bonds. The number of aryl methyl sites for hydroxylation is 2. The van der Waals surface area contributed by atoms with Gasteiger partial charge in [-0.05, 0) is 43.0 Å². The second-order valence-electron chi connectivity index (χ2n) is 6.52. The SMILES string of the molecule is CN(c1ccc2nncn2n1)C1CN(c2cc3c(nn2)CCC3)C1. The summed E-state index contributed by atoms with van der Waals surface area (Å²) in [5.41, 5.74) is 3.31.